The lowest BCUT2D eigenvalue weighted by Crippen LogP contribution is -2.33. The third-order valence-corrected chi connectivity index (χ3v) is 3.05. The topological polar surface area (TPSA) is 66.5 Å². The summed E-state index contributed by atoms with van der Waals surface area (Å²) in [6.07, 6.45) is 2.64. The molecule has 0 bridgehead atoms. The number of amides is 1. The van der Waals surface area contributed by atoms with Gasteiger partial charge in [-0.15, -0.1) is 0 Å². The third-order valence-electron chi connectivity index (χ3n) is 2.81. The second-order valence-corrected chi connectivity index (χ2v) is 4.97. The van der Waals surface area contributed by atoms with E-state index in [1.54, 1.807) is 31.3 Å². The number of nitrogens with one attached hydrogen (secondary N) is 2. The van der Waals surface area contributed by atoms with Gasteiger partial charge in [0.2, 0.25) is 0 Å². The molecule has 0 fully saturated rings. The Morgan fingerprint density at radius 1 is 1.48 bits per heavy atom. The largest absolute Gasteiger partial charge is 0.481 e. The standard InChI is InChI=1S/C15H16ClN3O2/c1-10-8-12(16)5-6-14(10)21-11(2)15(20)19-18-9-13-4-3-7-17-13/h3-9,11,17H,1-2H3,(H,19,20)/b18-9+. The van der Waals surface area contributed by atoms with Crippen LogP contribution in [0.5, 0.6) is 5.75 Å². The minimum absolute atomic E-state index is 0.327. The Labute approximate surface area is 128 Å². The number of hydrogen-bond donors (Lipinski definition) is 2. The highest BCUT2D eigenvalue weighted by Crippen LogP contribution is 2.22. The summed E-state index contributed by atoms with van der Waals surface area (Å²) in [6.45, 7) is 3.53. The highest BCUT2D eigenvalue weighted by molar-refractivity contribution is 6.30. The SMILES string of the molecule is Cc1cc(Cl)ccc1OC(C)C(=O)N/N=C/c1ccc[nH]1. The molecule has 5 nitrogen and oxygen atoms in total. The smallest absolute Gasteiger partial charge is 0.280 e. The zero-order valence-electron chi connectivity index (χ0n) is 11.8. The number of ether oxygens (including phenoxy) is 1. The summed E-state index contributed by atoms with van der Waals surface area (Å²) in [6, 6.07) is 8.93. The second-order valence-electron chi connectivity index (χ2n) is 4.53. The number of benzene rings is 1. The molecule has 2 N–H and O–H groups in total. The van der Waals surface area contributed by atoms with Gasteiger partial charge in [-0.05, 0) is 49.7 Å². The molecule has 0 radical (unpaired) electrons. The number of carbonyl (C=O) groups is 1. The Morgan fingerprint density at radius 2 is 2.29 bits per heavy atom. The Hall–Kier alpha value is -2.27. The quantitative estimate of drug-likeness (QED) is 0.659. The third kappa shape index (κ3) is 4.36. The monoisotopic (exact) mass is 305 g/mol. The molecular formula is C15H16ClN3O2. The van der Waals surface area contributed by atoms with Gasteiger partial charge in [-0.2, -0.15) is 5.10 Å². The molecule has 1 amide bonds. The van der Waals surface area contributed by atoms with Crippen molar-refractivity contribution in [3.05, 3.63) is 52.8 Å². The summed E-state index contributed by atoms with van der Waals surface area (Å²) in [5, 5.41) is 4.49. The van der Waals surface area contributed by atoms with Crippen LogP contribution in [-0.4, -0.2) is 23.2 Å². The number of aromatic nitrogens is 1. The Morgan fingerprint density at radius 3 is 2.95 bits per heavy atom. The van der Waals surface area contributed by atoms with E-state index in [1.165, 1.54) is 6.21 Å². The van der Waals surface area contributed by atoms with E-state index >= 15 is 0 Å². The van der Waals surface area contributed by atoms with Crippen molar-refractivity contribution in [1.29, 1.82) is 0 Å². The average Bonchev–Trinajstić information content (AvgIpc) is 2.95. The minimum Gasteiger partial charge on any atom is -0.481 e. The van der Waals surface area contributed by atoms with E-state index in [-0.39, 0.29) is 5.91 Å². The highest BCUT2D eigenvalue weighted by Gasteiger charge is 2.15. The fourth-order valence-corrected chi connectivity index (χ4v) is 1.90. The van der Waals surface area contributed by atoms with Gasteiger partial charge in [0.25, 0.3) is 5.91 Å². The van der Waals surface area contributed by atoms with E-state index in [4.69, 9.17) is 16.3 Å². The first-order valence-electron chi connectivity index (χ1n) is 6.45. The fraction of sp³-hybridized carbons (Fsp3) is 0.200. The number of H-pyrrole nitrogens is 1. The van der Waals surface area contributed by atoms with Crippen LogP contribution in [0.3, 0.4) is 0 Å². The molecule has 2 rings (SSSR count). The van der Waals surface area contributed by atoms with Crippen LogP contribution in [0.25, 0.3) is 0 Å². The molecule has 1 unspecified atom stereocenters. The first kappa shape index (κ1) is 15.1. The summed E-state index contributed by atoms with van der Waals surface area (Å²) in [5.74, 6) is 0.294. The molecule has 1 heterocycles. The Balaban J connectivity index is 1.90. The van der Waals surface area contributed by atoms with E-state index in [0.717, 1.165) is 11.3 Å². The van der Waals surface area contributed by atoms with Gasteiger partial charge in [-0.25, -0.2) is 5.43 Å². The first-order chi connectivity index (χ1) is 10.1. The molecule has 1 aromatic carbocycles. The molecule has 6 heteroatoms. The van der Waals surface area contributed by atoms with Gasteiger partial charge >= 0.3 is 0 Å². The molecule has 0 spiro atoms. The van der Waals surface area contributed by atoms with Gasteiger partial charge in [0.15, 0.2) is 6.10 Å². The van der Waals surface area contributed by atoms with E-state index < -0.39 is 6.10 Å². The van der Waals surface area contributed by atoms with Gasteiger partial charge in [-0.1, -0.05) is 11.6 Å². The van der Waals surface area contributed by atoms with Crippen molar-refractivity contribution < 1.29 is 9.53 Å². The summed E-state index contributed by atoms with van der Waals surface area (Å²) in [5.41, 5.74) is 4.11. The van der Waals surface area contributed by atoms with Crippen LogP contribution in [0.1, 0.15) is 18.2 Å². The van der Waals surface area contributed by atoms with Crippen LogP contribution in [-0.2, 0) is 4.79 Å². The van der Waals surface area contributed by atoms with E-state index in [0.29, 0.717) is 10.8 Å². The molecule has 0 aliphatic heterocycles. The molecule has 2 aromatic rings. The normalized spacial score (nSPS) is 12.3. The van der Waals surface area contributed by atoms with Crippen LogP contribution in [0, 0.1) is 6.92 Å². The van der Waals surface area contributed by atoms with Crippen molar-refractivity contribution >= 4 is 23.7 Å². The highest BCUT2D eigenvalue weighted by atomic mass is 35.5. The van der Waals surface area contributed by atoms with Gasteiger partial charge in [0, 0.05) is 11.2 Å². The number of rotatable bonds is 5. The molecule has 0 saturated carbocycles. The molecule has 0 aliphatic carbocycles. The Bertz CT molecular complexity index is 638. The number of hydrazone groups is 1. The van der Waals surface area contributed by atoms with Gasteiger partial charge in [0.05, 0.1) is 11.9 Å². The maximum absolute atomic E-state index is 11.9. The second kappa shape index (κ2) is 6.95. The number of halogens is 1. The molecule has 21 heavy (non-hydrogen) atoms. The van der Waals surface area contributed by atoms with Crippen LogP contribution in [0.4, 0.5) is 0 Å². The van der Waals surface area contributed by atoms with Gasteiger partial charge in [-0.3, -0.25) is 4.79 Å². The van der Waals surface area contributed by atoms with Crippen molar-refractivity contribution in [2.24, 2.45) is 5.10 Å². The predicted octanol–water partition coefficient (Wildman–Crippen LogP) is 2.89. The maximum Gasteiger partial charge on any atom is 0.280 e. The summed E-state index contributed by atoms with van der Waals surface area (Å²) in [7, 11) is 0. The van der Waals surface area contributed by atoms with Gasteiger partial charge < -0.3 is 9.72 Å². The lowest BCUT2D eigenvalue weighted by molar-refractivity contribution is -0.127. The summed E-state index contributed by atoms with van der Waals surface area (Å²) in [4.78, 5) is 14.8. The summed E-state index contributed by atoms with van der Waals surface area (Å²) < 4.78 is 5.60. The van der Waals surface area contributed by atoms with Crippen molar-refractivity contribution in [3.8, 4) is 5.75 Å². The zero-order chi connectivity index (χ0) is 15.2. The lowest BCUT2D eigenvalue weighted by Gasteiger charge is -2.14. The summed E-state index contributed by atoms with van der Waals surface area (Å²) >= 11 is 5.88. The predicted molar refractivity (Wildman–Crippen MR) is 82.8 cm³/mol. The average molecular weight is 306 g/mol. The van der Waals surface area contributed by atoms with E-state index in [9.17, 15) is 4.79 Å². The molecule has 0 aliphatic rings. The van der Waals surface area contributed by atoms with Crippen LogP contribution in [0.15, 0.2) is 41.6 Å². The number of hydrogen-bond acceptors (Lipinski definition) is 3. The number of aryl methyl sites for hydroxylation is 1. The Kier molecular flexibility index (Phi) is 5.00. The lowest BCUT2D eigenvalue weighted by atomic mass is 10.2. The minimum atomic E-state index is -0.661. The van der Waals surface area contributed by atoms with E-state index in [2.05, 4.69) is 15.5 Å². The fourth-order valence-electron chi connectivity index (χ4n) is 1.67. The van der Waals surface area contributed by atoms with Crippen molar-refractivity contribution in [2.75, 3.05) is 0 Å². The number of aromatic amines is 1. The van der Waals surface area contributed by atoms with Crippen molar-refractivity contribution in [3.63, 3.8) is 0 Å². The molecule has 0 saturated heterocycles. The first-order valence-corrected chi connectivity index (χ1v) is 6.83. The molecule has 1 aromatic heterocycles. The molecule has 110 valence electrons. The zero-order valence-corrected chi connectivity index (χ0v) is 12.5. The molecule has 1 atom stereocenters. The van der Waals surface area contributed by atoms with Crippen LogP contribution >= 0.6 is 11.6 Å². The van der Waals surface area contributed by atoms with Crippen molar-refractivity contribution in [2.45, 2.75) is 20.0 Å². The van der Waals surface area contributed by atoms with E-state index in [1.807, 2.05) is 19.1 Å². The number of carbonyl (C=O) groups excluding carboxylic acids is 1. The van der Waals surface area contributed by atoms with Crippen LogP contribution < -0.4 is 10.2 Å². The van der Waals surface area contributed by atoms with Crippen molar-refractivity contribution in [1.82, 2.24) is 10.4 Å². The maximum atomic E-state index is 11.9. The van der Waals surface area contributed by atoms with Crippen LogP contribution in [0.2, 0.25) is 5.02 Å². The van der Waals surface area contributed by atoms with Gasteiger partial charge in [0.1, 0.15) is 5.75 Å². The molecular weight excluding hydrogens is 290 g/mol. The number of nitrogens with zero attached hydrogens (tertiary/aromatic N) is 1.